The average molecular weight is 310 g/mol. The van der Waals surface area contributed by atoms with Gasteiger partial charge in [-0.3, -0.25) is 9.59 Å². The Bertz CT molecular complexity index is 723. The Morgan fingerprint density at radius 1 is 0.783 bits per heavy atom. The van der Waals surface area contributed by atoms with E-state index in [0.717, 1.165) is 16.7 Å². The van der Waals surface area contributed by atoms with Crippen LogP contribution < -0.4 is 10.6 Å². The van der Waals surface area contributed by atoms with Crippen LogP contribution >= 0.6 is 0 Å². The van der Waals surface area contributed by atoms with Crippen molar-refractivity contribution >= 4 is 11.8 Å². The maximum absolute atomic E-state index is 12.0. The molecule has 120 valence electrons. The molecule has 0 aromatic heterocycles. The van der Waals surface area contributed by atoms with Crippen LogP contribution in [0.2, 0.25) is 0 Å². The molecule has 2 N–H and O–H groups in total. The van der Waals surface area contributed by atoms with Gasteiger partial charge in [0.05, 0.1) is 0 Å². The Morgan fingerprint density at radius 2 is 1.39 bits per heavy atom. The second-order valence-electron chi connectivity index (χ2n) is 5.68. The van der Waals surface area contributed by atoms with E-state index in [1.807, 2.05) is 57.2 Å². The Balaban J connectivity index is 1.79. The van der Waals surface area contributed by atoms with Gasteiger partial charge in [-0.2, -0.15) is 0 Å². The largest absolute Gasteiger partial charge is 0.350 e. The lowest BCUT2D eigenvalue weighted by molar-refractivity contribution is 0.0927. The lowest BCUT2D eigenvalue weighted by atomic mass is 10.1. The molecule has 23 heavy (non-hydrogen) atoms. The zero-order valence-electron chi connectivity index (χ0n) is 13.8. The molecule has 2 rings (SSSR count). The first-order valence-corrected chi connectivity index (χ1v) is 7.67. The monoisotopic (exact) mass is 310 g/mol. The fourth-order valence-corrected chi connectivity index (χ4v) is 2.23. The molecule has 4 heteroatoms. The number of carbonyl (C=O) groups excluding carboxylic acids is 2. The summed E-state index contributed by atoms with van der Waals surface area (Å²) < 4.78 is 0. The Morgan fingerprint density at radius 3 is 1.96 bits per heavy atom. The van der Waals surface area contributed by atoms with Crippen LogP contribution in [0.25, 0.3) is 0 Å². The van der Waals surface area contributed by atoms with E-state index in [0.29, 0.717) is 24.2 Å². The molecule has 0 radical (unpaired) electrons. The summed E-state index contributed by atoms with van der Waals surface area (Å²) >= 11 is 0. The summed E-state index contributed by atoms with van der Waals surface area (Å²) in [6.45, 7) is 6.72. The predicted octanol–water partition coefficient (Wildman–Crippen LogP) is 2.77. The summed E-state index contributed by atoms with van der Waals surface area (Å²) in [4.78, 5) is 24.0. The zero-order valence-corrected chi connectivity index (χ0v) is 13.8. The minimum atomic E-state index is -0.130. The third-order valence-electron chi connectivity index (χ3n) is 3.75. The number of amides is 2. The molecule has 2 amide bonds. The molecule has 0 unspecified atom stereocenters. The van der Waals surface area contributed by atoms with E-state index in [-0.39, 0.29) is 11.8 Å². The van der Waals surface area contributed by atoms with Crippen LogP contribution in [0.5, 0.6) is 0 Å². The Labute approximate surface area is 136 Å². The van der Waals surface area contributed by atoms with Gasteiger partial charge in [-0.25, -0.2) is 0 Å². The minimum Gasteiger partial charge on any atom is -0.350 e. The maximum Gasteiger partial charge on any atom is 0.251 e. The van der Waals surface area contributed by atoms with E-state index in [2.05, 4.69) is 10.6 Å². The van der Waals surface area contributed by atoms with Crippen molar-refractivity contribution < 1.29 is 9.59 Å². The van der Waals surface area contributed by atoms with Crippen LogP contribution in [0.4, 0.5) is 0 Å². The van der Waals surface area contributed by atoms with Crippen molar-refractivity contribution in [2.24, 2.45) is 0 Å². The minimum absolute atomic E-state index is 0.127. The highest BCUT2D eigenvalue weighted by atomic mass is 16.2. The normalized spacial score (nSPS) is 10.2. The van der Waals surface area contributed by atoms with E-state index in [1.54, 1.807) is 6.07 Å². The second kappa shape index (κ2) is 7.58. The van der Waals surface area contributed by atoms with Crippen molar-refractivity contribution in [1.29, 1.82) is 0 Å². The van der Waals surface area contributed by atoms with Crippen LogP contribution in [-0.4, -0.2) is 24.9 Å². The first-order valence-electron chi connectivity index (χ1n) is 7.67. The summed E-state index contributed by atoms with van der Waals surface area (Å²) in [6, 6.07) is 13.0. The summed E-state index contributed by atoms with van der Waals surface area (Å²) in [5, 5.41) is 5.61. The lowest BCUT2D eigenvalue weighted by Gasteiger charge is -2.09. The number of nitrogens with one attached hydrogen (secondary N) is 2. The van der Waals surface area contributed by atoms with Crippen molar-refractivity contribution in [3.63, 3.8) is 0 Å². The molecule has 0 aliphatic heterocycles. The van der Waals surface area contributed by atoms with E-state index in [1.165, 1.54) is 0 Å². The number of hydrogen-bond donors (Lipinski definition) is 2. The van der Waals surface area contributed by atoms with Gasteiger partial charge in [-0.1, -0.05) is 23.8 Å². The topological polar surface area (TPSA) is 58.2 Å². The first-order chi connectivity index (χ1) is 11.0. The van der Waals surface area contributed by atoms with Crippen LogP contribution in [0.3, 0.4) is 0 Å². The number of benzene rings is 2. The molecule has 4 nitrogen and oxygen atoms in total. The van der Waals surface area contributed by atoms with Crippen molar-refractivity contribution in [2.45, 2.75) is 20.8 Å². The molecule has 0 saturated carbocycles. The van der Waals surface area contributed by atoms with Gasteiger partial charge in [0, 0.05) is 24.2 Å². The standard InChI is InChI=1S/C19H22N2O2/c1-13-5-4-6-16(11-13)18(22)20-9-10-21-19(23)17-8-7-14(2)15(3)12-17/h4-8,11-12H,9-10H2,1-3H3,(H,20,22)(H,21,23). The van der Waals surface area contributed by atoms with Gasteiger partial charge < -0.3 is 10.6 Å². The van der Waals surface area contributed by atoms with Gasteiger partial charge >= 0.3 is 0 Å². The molecule has 0 saturated heterocycles. The Kier molecular flexibility index (Phi) is 5.52. The fourth-order valence-electron chi connectivity index (χ4n) is 2.23. The maximum atomic E-state index is 12.0. The van der Waals surface area contributed by atoms with E-state index >= 15 is 0 Å². The number of carbonyl (C=O) groups is 2. The van der Waals surface area contributed by atoms with Crippen LogP contribution in [0.15, 0.2) is 42.5 Å². The number of hydrogen-bond acceptors (Lipinski definition) is 2. The van der Waals surface area contributed by atoms with Crippen LogP contribution in [0.1, 0.15) is 37.4 Å². The highest BCUT2D eigenvalue weighted by Crippen LogP contribution is 2.09. The van der Waals surface area contributed by atoms with E-state index in [4.69, 9.17) is 0 Å². The van der Waals surface area contributed by atoms with Gasteiger partial charge in [0.25, 0.3) is 11.8 Å². The molecule has 0 aliphatic carbocycles. The quantitative estimate of drug-likeness (QED) is 0.834. The number of aryl methyl sites for hydroxylation is 3. The van der Waals surface area contributed by atoms with E-state index in [9.17, 15) is 9.59 Å². The molecular formula is C19H22N2O2. The zero-order chi connectivity index (χ0) is 16.8. The molecule has 2 aromatic rings. The highest BCUT2D eigenvalue weighted by molar-refractivity contribution is 5.95. The summed E-state index contributed by atoms with van der Waals surface area (Å²) in [5.74, 6) is -0.257. The Hall–Kier alpha value is -2.62. The van der Waals surface area contributed by atoms with Crippen molar-refractivity contribution in [3.05, 3.63) is 70.3 Å². The summed E-state index contributed by atoms with van der Waals surface area (Å²) in [7, 11) is 0. The SMILES string of the molecule is Cc1cccc(C(=O)NCCNC(=O)c2ccc(C)c(C)c2)c1. The number of rotatable bonds is 5. The van der Waals surface area contributed by atoms with Crippen molar-refractivity contribution in [3.8, 4) is 0 Å². The van der Waals surface area contributed by atoms with Gasteiger partial charge in [0.15, 0.2) is 0 Å². The van der Waals surface area contributed by atoms with Gasteiger partial charge in [-0.05, 0) is 56.2 Å². The molecule has 0 aliphatic rings. The third-order valence-corrected chi connectivity index (χ3v) is 3.75. The molecule has 0 atom stereocenters. The van der Waals surface area contributed by atoms with Crippen molar-refractivity contribution in [1.82, 2.24) is 10.6 Å². The molecule has 0 fully saturated rings. The highest BCUT2D eigenvalue weighted by Gasteiger charge is 2.07. The van der Waals surface area contributed by atoms with Crippen molar-refractivity contribution in [2.75, 3.05) is 13.1 Å². The second-order valence-corrected chi connectivity index (χ2v) is 5.68. The predicted molar refractivity (Wildman–Crippen MR) is 91.8 cm³/mol. The van der Waals surface area contributed by atoms with Crippen LogP contribution in [0, 0.1) is 20.8 Å². The fraction of sp³-hybridized carbons (Fsp3) is 0.263. The third kappa shape index (κ3) is 4.68. The first kappa shape index (κ1) is 16.7. The van der Waals surface area contributed by atoms with Crippen LogP contribution in [-0.2, 0) is 0 Å². The molecule has 2 aromatic carbocycles. The smallest absolute Gasteiger partial charge is 0.251 e. The van der Waals surface area contributed by atoms with E-state index < -0.39 is 0 Å². The van der Waals surface area contributed by atoms with Gasteiger partial charge in [-0.15, -0.1) is 0 Å². The summed E-state index contributed by atoms with van der Waals surface area (Å²) in [5.41, 5.74) is 4.56. The molecular weight excluding hydrogens is 288 g/mol. The van der Waals surface area contributed by atoms with Gasteiger partial charge in [0.2, 0.25) is 0 Å². The molecule has 0 spiro atoms. The average Bonchev–Trinajstić information content (AvgIpc) is 2.53. The molecule has 0 heterocycles. The van der Waals surface area contributed by atoms with Gasteiger partial charge in [0.1, 0.15) is 0 Å². The summed E-state index contributed by atoms with van der Waals surface area (Å²) in [6.07, 6.45) is 0. The molecule has 0 bridgehead atoms. The lowest BCUT2D eigenvalue weighted by Crippen LogP contribution is -2.34.